The van der Waals surface area contributed by atoms with Gasteiger partial charge in [0.1, 0.15) is 0 Å². The Labute approximate surface area is 311 Å². The van der Waals surface area contributed by atoms with Crippen LogP contribution in [0.5, 0.6) is 0 Å². The molecule has 0 saturated carbocycles. The van der Waals surface area contributed by atoms with Crippen molar-refractivity contribution in [3.8, 4) is 0 Å². The predicted octanol–water partition coefficient (Wildman–Crippen LogP) is 5.47. The molecular formula is C32H72N2O6Si10. The Bertz CT molecular complexity index is 1330. The maximum atomic E-state index is 7.77. The van der Waals surface area contributed by atoms with Crippen LogP contribution in [-0.2, 0) is 26.6 Å². The van der Waals surface area contributed by atoms with E-state index in [9.17, 15) is 0 Å². The van der Waals surface area contributed by atoms with Gasteiger partial charge in [0.25, 0.3) is 0 Å². The number of hydrogen-bond donors (Lipinski definition) is 0. The van der Waals surface area contributed by atoms with Crippen LogP contribution in [0, 0.1) is 0 Å². The molecule has 50 heavy (non-hydrogen) atoms. The molecule has 0 aliphatic carbocycles. The Balaban J connectivity index is 0.000000593. The Morgan fingerprint density at radius 3 is 0.720 bits per heavy atom. The van der Waals surface area contributed by atoms with Crippen molar-refractivity contribution in [1.82, 2.24) is 0 Å². The van der Waals surface area contributed by atoms with Gasteiger partial charge in [0, 0.05) is 0 Å². The molecule has 0 N–H and O–H groups in total. The molecule has 7 aliphatic heterocycles. The SMILES string of the molecule is C[Si](C)(C)[Si]1([Si-]234OCC[N+]2(CCO3)CCO4)[Si](C)(C)[Si](C)(C)[Si]([Si](C)(C)C)([Si-]234OCC[N+]2(CCO3)CCO4)[Si](C)(C)[Si]1(C)C.c1ccccc1. The van der Waals surface area contributed by atoms with Crippen molar-refractivity contribution >= 4 is 71.4 Å². The first-order valence-corrected chi connectivity index (χ1v) is 57.1. The van der Waals surface area contributed by atoms with Crippen LogP contribution in [0.4, 0.5) is 0 Å². The van der Waals surface area contributed by atoms with E-state index in [2.05, 4.69) is 91.7 Å². The summed E-state index contributed by atoms with van der Waals surface area (Å²) in [5.74, 6) is 0. The molecule has 8 nitrogen and oxygen atoms in total. The Hall–Kier alpha value is 1.07. The van der Waals surface area contributed by atoms with Gasteiger partial charge in [0.2, 0.25) is 0 Å². The van der Waals surface area contributed by atoms with Gasteiger partial charge in [-0.15, -0.1) is 0 Å². The summed E-state index contributed by atoms with van der Waals surface area (Å²) >= 11 is 0. The number of quaternary nitrogens is 2. The van der Waals surface area contributed by atoms with Crippen LogP contribution >= 0.6 is 0 Å². The summed E-state index contributed by atoms with van der Waals surface area (Å²) in [5.41, 5.74) is 0. The molecule has 1 aromatic carbocycles. The maximum Gasteiger partial charge on any atom is -0.0623 e. The fourth-order valence-corrected chi connectivity index (χ4v) is 604. The van der Waals surface area contributed by atoms with Crippen LogP contribution in [0.15, 0.2) is 36.4 Å². The van der Waals surface area contributed by atoms with E-state index in [0.29, 0.717) is 0 Å². The minimum atomic E-state index is -3.87. The first-order valence-electron chi connectivity index (χ1n) is 19.8. The molecule has 0 atom stereocenters. The van der Waals surface area contributed by atoms with E-state index in [1.54, 1.807) is 0 Å². The predicted molar refractivity (Wildman–Crippen MR) is 232 cm³/mol. The Morgan fingerprint density at radius 2 is 0.560 bits per heavy atom. The standard InChI is InChI=1S/C26H66N2O6Si10.C6H6/c1-35(2,3)41(43-27(15-21-29-43,16-22-30-43)17-23-31-43)37(7,8)39(11,12)42(36(4,5)6,40(13,14)38(41,9)10)44-28(18-24-32-44,19-25-33-44)20-26-34-44;1-2-4-6-5-3-1/h15-26H2,1-14H3;1-6H. The normalized spacial score (nSPS) is 43.4. The zero-order valence-corrected chi connectivity index (χ0v) is 44.3. The van der Waals surface area contributed by atoms with Gasteiger partial charge in [0.15, 0.2) is 0 Å². The fourth-order valence-electron chi connectivity index (χ4n) is 17.6. The number of benzene rings is 1. The molecule has 0 amide bonds. The van der Waals surface area contributed by atoms with Gasteiger partial charge in [-0.05, 0) is 0 Å². The van der Waals surface area contributed by atoms with Crippen LogP contribution in [0.2, 0.25) is 91.7 Å². The van der Waals surface area contributed by atoms with Crippen LogP contribution in [0.25, 0.3) is 0 Å². The van der Waals surface area contributed by atoms with Gasteiger partial charge in [0.05, 0.1) is 0 Å². The molecule has 8 rings (SSSR count). The third kappa shape index (κ3) is 3.46. The summed E-state index contributed by atoms with van der Waals surface area (Å²) in [6.07, 6.45) is -4.79. The first-order chi connectivity index (χ1) is 22.9. The summed E-state index contributed by atoms with van der Waals surface area (Å²) in [6, 6.07) is 12.0. The summed E-state index contributed by atoms with van der Waals surface area (Å²) < 4.78 is 48.9. The molecule has 0 bridgehead atoms. The average Bonchev–Trinajstić information content (AvgIpc) is 3.74. The van der Waals surface area contributed by atoms with Gasteiger partial charge >= 0.3 is 277 Å². The number of rotatable bonds is 4. The van der Waals surface area contributed by atoms with Crippen LogP contribution in [0.1, 0.15) is 0 Å². The van der Waals surface area contributed by atoms with Gasteiger partial charge in [-0.25, -0.2) is 0 Å². The summed E-state index contributed by atoms with van der Waals surface area (Å²) in [5, 5.41) is 0. The van der Waals surface area contributed by atoms with Crippen LogP contribution < -0.4 is 0 Å². The van der Waals surface area contributed by atoms with E-state index in [0.717, 1.165) is 87.2 Å². The smallest absolute Gasteiger partial charge is 0.0623 e. The Kier molecular flexibility index (Phi) is 8.59. The van der Waals surface area contributed by atoms with Crippen molar-refractivity contribution < 1.29 is 34.9 Å². The fraction of sp³-hybridized carbons (Fsp3) is 0.812. The topological polar surface area (TPSA) is 55.4 Å². The molecule has 0 unspecified atom stereocenters. The molecule has 286 valence electrons. The van der Waals surface area contributed by atoms with E-state index < -0.39 is 71.4 Å². The van der Waals surface area contributed by atoms with E-state index in [1.807, 2.05) is 36.4 Å². The minimum Gasteiger partial charge on any atom is -0.0623 e. The maximum absolute atomic E-state index is 7.77. The zero-order chi connectivity index (χ0) is 36.9. The van der Waals surface area contributed by atoms with E-state index >= 15 is 0 Å². The first kappa shape index (κ1) is 39.3. The monoisotopic (exact) mass is 860 g/mol. The van der Waals surface area contributed by atoms with Gasteiger partial charge in [-0.1, -0.05) is 36.4 Å². The average molecular weight is 862 g/mol. The zero-order valence-electron chi connectivity index (χ0n) is 34.3. The summed E-state index contributed by atoms with van der Waals surface area (Å²) in [4.78, 5) is 0. The number of hydrogen-bond acceptors (Lipinski definition) is 6. The minimum absolute atomic E-state index is 0.860. The van der Waals surface area contributed by atoms with E-state index in [1.165, 1.54) is 0 Å². The second-order valence-electron chi connectivity index (χ2n) is 21.3. The van der Waals surface area contributed by atoms with Crippen molar-refractivity contribution in [3.05, 3.63) is 36.4 Å². The second-order valence-corrected chi connectivity index (χ2v) is 140. The molecule has 7 aliphatic rings. The van der Waals surface area contributed by atoms with Crippen molar-refractivity contribution in [2.45, 2.75) is 91.7 Å². The van der Waals surface area contributed by atoms with Crippen LogP contribution in [0.3, 0.4) is 0 Å². The molecule has 1 aromatic rings. The third-order valence-corrected chi connectivity index (χ3v) is 313. The van der Waals surface area contributed by atoms with Crippen molar-refractivity contribution in [2.24, 2.45) is 0 Å². The quantitative estimate of drug-likeness (QED) is 0.375. The largest absolute Gasteiger partial charge is 0.0623 e. The van der Waals surface area contributed by atoms with Crippen molar-refractivity contribution in [2.75, 3.05) is 78.9 Å². The number of nitrogens with zero attached hydrogens (tertiary/aromatic N) is 2. The third-order valence-electron chi connectivity index (χ3n) is 17.9. The van der Waals surface area contributed by atoms with Gasteiger partial charge < -0.3 is 0 Å². The van der Waals surface area contributed by atoms with Crippen LogP contribution in [-0.4, -0.2) is 159 Å². The van der Waals surface area contributed by atoms with Gasteiger partial charge in [-0.3, -0.25) is 0 Å². The molecule has 7 saturated heterocycles. The van der Waals surface area contributed by atoms with Crippen molar-refractivity contribution in [1.29, 1.82) is 0 Å². The Morgan fingerprint density at radius 1 is 0.380 bits per heavy atom. The molecule has 0 aromatic heterocycles. The molecule has 0 radical (unpaired) electrons. The summed E-state index contributed by atoms with van der Waals surface area (Å²) in [6.45, 7) is 52.8. The molecule has 7 heterocycles. The summed E-state index contributed by atoms with van der Waals surface area (Å²) in [7, 11) is -20.2. The molecule has 18 heteroatoms. The van der Waals surface area contributed by atoms with Gasteiger partial charge in [-0.2, -0.15) is 0 Å². The second kappa shape index (κ2) is 10.9. The van der Waals surface area contributed by atoms with E-state index in [4.69, 9.17) is 26.6 Å². The molecular weight excluding hydrogens is 789 g/mol. The molecule has 0 spiro atoms. The van der Waals surface area contributed by atoms with Crippen molar-refractivity contribution in [3.63, 3.8) is 0 Å². The van der Waals surface area contributed by atoms with E-state index in [-0.39, 0.29) is 0 Å². The molecule has 7 fully saturated rings.